The molecule has 5 heteroatoms. The van der Waals surface area contributed by atoms with Crippen LogP contribution in [-0.4, -0.2) is 25.2 Å². The molecule has 0 unspecified atom stereocenters. The Hall–Kier alpha value is -2.14. The number of hydrogen-bond donors (Lipinski definition) is 1. The van der Waals surface area contributed by atoms with Gasteiger partial charge in [0.15, 0.2) is 15.6 Å². The van der Waals surface area contributed by atoms with Gasteiger partial charge in [0.1, 0.15) is 0 Å². The van der Waals surface area contributed by atoms with Crippen molar-refractivity contribution in [2.45, 2.75) is 18.2 Å². The average Bonchev–Trinajstić information content (AvgIpc) is 2.46. The zero-order valence-corrected chi connectivity index (χ0v) is 12.4. The van der Waals surface area contributed by atoms with Crippen LogP contribution in [0.1, 0.15) is 12.5 Å². The van der Waals surface area contributed by atoms with Crippen molar-refractivity contribution in [1.82, 2.24) is 0 Å². The molecule has 4 nitrogen and oxygen atoms in total. The summed E-state index contributed by atoms with van der Waals surface area (Å²) in [6, 6.07) is 14.3. The Morgan fingerprint density at radius 3 is 1.86 bits per heavy atom. The van der Waals surface area contributed by atoms with E-state index in [4.69, 9.17) is 5.11 Å². The van der Waals surface area contributed by atoms with Gasteiger partial charge in [0.2, 0.25) is 0 Å². The highest BCUT2D eigenvalue weighted by atomic mass is 32.2. The van der Waals surface area contributed by atoms with Crippen molar-refractivity contribution in [3.8, 4) is 11.1 Å². The quantitative estimate of drug-likeness (QED) is 0.922. The molecule has 0 bridgehead atoms. The van der Waals surface area contributed by atoms with E-state index >= 15 is 0 Å². The third kappa shape index (κ3) is 3.70. The molecule has 1 N–H and O–H groups in total. The summed E-state index contributed by atoms with van der Waals surface area (Å²) < 4.78 is 23.6. The van der Waals surface area contributed by atoms with Gasteiger partial charge in [0, 0.05) is 0 Å². The first kappa shape index (κ1) is 15.3. The maximum absolute atomic E-state index is 11.8. The summed E-state index contributed by atoms with van der Waals surface area (Å²) in [5.74, 6) is -2.24. The minimum atomic E-state index is -3.77. The first-order chi connectivity index (χ1) is 9.92. The molecule has 0 atom stereocenters. The van der Waals surface area contributed by atoms with Crippen LogP contribution in [0.25, 0.3) is 11.1 Å². The number of hydrogen-bond acceptors (Lipinski definition) is 3. The van der Waals surface area contributed by atoms with Crippen molar-refractivity contribution in [2.24, 2.45) is 0 Å². The molecule has 2 aromatic rings. The van der Waals surface area contributed by atoms with Gasteiger partial charge in [-0.2, -0.15) is 0 Å². The van der Waals surface area contributed by atoms with Crippen LogP contribution < -0.4 is 0 Å². The molecule has 0 fully saturated rings. The number of sulfone groups is 1. The summed E-state index contributed by atoms with van der Waals surface area (Å²) in [4.78, 5) is 10.6. The Morgan fingerprint density at radius 1 is 0.952 bits per heavy atom. The molecule has 0 aliphatic heterocycles. The molecule has 0 amide bonds. The van der Waals surface area contributed by atoms with Gasteiger partial charge >= 0.3 is 5.97 Å². The molecule has 0 aromatic heterocycles. The lowest BCUT2D eigenvalue weighted by Gasteiger charge is -2.05. The van der Waals surface area contributed by atoms with Crippen molar-refractivity contribution in [3.63, 3.8) is 0 Å². The Bertz CT molecular complexity index is 729. The number of aryl methyl sites for hydroxylation is 1. The van der Waals surface area contributed by atoms with Crippen LogP contribution in [0, 0.1) is 0 Å². The van der Waals surface area contributed by atoms with Gasteiger partial charge in [-0.25, -0.2) is 8.42 Å². The molecule has 0 aliphatic carbocycles. The highest BCUT2D eigenvalue weighted by Crippen LogP contribution is 2.22. The van der Waals surface area contributed by atoms with Crippen molar-refractivity contribution in [3.05, 3.63) is 54.1 Å². The maximum atomic E-state index is 11.8. The van der Waals surface area contributed by atoms with Crippen molar-refractivity contribution < 1.29 is 18.3 Å². The Kier molecular flexibility index (Phi) is 4.43. The lowest BCUT2D eigenvalue weighted by Crippen LogP contribution is -2.15. The predicted molar refractivity (Wildman–Crippen MR) is 80.9 cm³/mol. The second kappa shape index (κ2) is 6.10. The molecule has 0 aliphatic rings. The van der Waals surface area contributed by atoms with E-state index in [2.05, 4.69) is 6.92 Å². The van der Waals surface area contributed by atoms with Gasteiger partial charge in [0.25, 0.3) is 0 Å². The molecule has 0 saturated carbocycles. The molecule has 0 radical (unpaired) electrons. The summed E-state index contributed by atoms with van der Waals surface area (Å²) in [5, 5.41) is 8.61. The van der Waals surface area contributed by atoms with Crippen LogP contribution in [0.3, 0.4) is 0 Å². The highest BCUT2D eigenvalue weighted by Gasteiger charge is 2.18. The number of carboxylic acids is 1. The van der Waals surface area contributed by atoms with Crippen LogP contribution in [0.2, 0.25) is 0 Å². The number of carboxylic acid groups (broad SMARTS) is 1. The second-order valence-corrected chi connectivity index (χ2v) is 6.72. The molecular weight excluding hydrogens is 288 g/mol. The summed E-state index contributed by atoms with van der Waals surface area (Å²) in [6.07, 6.45) is 0.965. The van der Waals surface area contributed by atoms with Gasteiger partial charge in [-0.05, 0) is 35.2 Å². The lowest BCUT2D eigenvalue weighted by molar-refractivity contribution is -0.134. The smallest absolute Gasteiger partial charge is 0.319 e. The van der Waals surface area contributed by atoms with Gasteiger partial charge < -0.3 is 5.11 Å². The largest absolute Gasteiger partial charge is 0.480 e. The second-order valence-electron chi connectivity index (χ2n) is 4.73. The molecule has 2 aromatic carbocycles. The molecule has 21 heavy (non-hydrogen) atoms. The van der Waals surface area contributed by atoms with Gasteiger partial charge in [0.05, 0.1) is 4.90 Å². The van der Waals surface area contributed by atoms with E-state index in [0.717, 1.165) is 17.5 Å². The summed E-state index contributed by atoms with van der Waals surface area (Å²) >= 11 is 0. The van der Waals surface area contributed by atoms with E-state index in [9.17, 15) is 13.2 Å². The zero-order chi connectivity index (χ0) is 15.5. The van der Waals surface area contributed by atoms with E-state index in [-0.39, 0.29) is 4.90 Å². The van der Waals surface area contributed by atoms with Crippen LogP contribution >= 0.6 is 0 Å². The Balaban J connectivity index is 2.28. The summed E-state index contributed by atoms with van der Waals surface area (Å²) in [6.45, 7) is 2.08. The lowest BCUT2D eigenvalue weighted by atomic mass is 10.0. The normalized spacial score (nSPS) is 11.3. The number of benzene rings is 2. The monoisotopic (exact) mass is 304 g/mol. The fraction of sp³-hybridized carbons (Fsp3) is 0.188. The van der Waals surface area contributed by atoms with Gasteiger partial charge in [-0.3, -0.25) is 4.79 Å². The van der Waals surface area contributed by atoms with Crippen LogP contribution in [-0.2, 0) is 21.1 Å². The fourth-order valence-corrected chi connectivity index (χ4v) is 3.08. The SMILES string of the molecule is CCc1ccc(-c2ccc(S(=O)(=O)CC(=O)O)cc2)cc1. The molecule has 0 spiro atoms. The van der Waals surface area contributed by atoms with Gasteiger partial charge in [-0.15, -0.1) is 0 Å². The van der Waals surface area contributed by atoms with Crippen molar-refractivity contribution in [1.29, 1.82) is 0 Å². The first-order valence-electron chi connectivity index (χ1n) is 6.56. The molecule has 110 valence electrons. The van der Waals surface area contributed by atoms with Gasteiger partial charge in [-0.1, -0.05) is 43.3 Å². The van der Waals surface area contributed by atoms with Crippen LogP contribution in [0.5, 0.6) is 0 Å². The third-order valence-electron chi connectivity index (χ3n) is 3.22. The Morgan fingerprint density at radius 2 is 1.43 bits per heavy atom. The number of carbonyl (C=O) groups is 1. The van der Waals surface area contributed by atoms with E-state index in [1.165, 1.54) is 17.7 Å². The molecule has 0 saturated heterocycles. The summed E-state index contributed by atoms with van der Waals surface area (Å²) in [5.41, 5.74) is 3.13. The number of aliphatic carboxylic acids is 1. The van der Waals surface area contributed by atoms with E-state index < -0.39 is 21.6 Å². The van der Waals surface area contributed by atoms with Crippen molar-refractivity contribution in [2.75, 3.05) is 5.75 Å². The first-order valence-corrected chi connectivity index (χ1v) is 8.21. The maximum Gasteiger partial charge on any atom is 0.319 e. The third-order valence-corrected chi connectivity index (χ3v) is 4.84. The fourth-order valence-electron chi connectivity index (χ4n) is 2.03. The average molecular weight is 304 g/mol. The van der Waals surface area contributed by atoms with Crippen molar-refractivity contribution >= 4 is 15.8 Å². The van der Waals surface area contributed by atoms with Crippen LogP contribution in [0.15, 0.2) is 53.4 Å². The van der Waals surface area contributed by atoms with Crippen LogP contribution in [0.4, 0.5) is 0 Å². The minimum Gasteiger partial charge on any atom is -0.480 e. The molecule has 2 rings (SSSR count). The minimum absolute atomic E-state index is 0.0267. The standard InChI is InChI=1S/C16H16O4S/c1-2-12-3-5-13(6-4-12)14-7-9-15(10-8-14)21(19,20)11-16(17)18/h3-10H,2,11H2,1H3,(H,17,18). The topological polar surface area (TPSA) is 71.4 Å². The predicted octanol–water partition coefficient (Wildman–Crippen LogP) is 2.77. The summed E-state index contributed by atoms with van der Waals surface area (Å²) in [7, 11) is -3.77. The van der Waals surface area contributed by atoms with E-state index in [1.807, 2.05) is 24.3 Å². The van der Waals surface area contributed by atoms with E-state index in [0.29, 0.717) is 0 Å². The zero-order valence-electron chi connectivity index (χ0n) is 11.6. The molecule has 0 heterocycles. The van der Waals surface area contributed by atoms with E-state index in [1.54, 1.807) is 12.1 Å². The molecular formula is C16H16O4S. The Labute approximate surface area is 124 Å². The highest BCUT2D eigenvalue weighted by molar-refractivity contribution is 7.92. The number of rotatable bonds is 5.